The minimum Gasteiger partial charge on any atom is -0.408 e. The molecule has 0 aromatic rings. The van der Waals surface area contributed by atoms with E-state index in [1.807, 2.05) is 0 Å². The summed E-state index contributed by atoms with van der Waals surface area (Å²) in [7, 11) is -1.68. The van der Waals surface area contributed by atoms with Crippen molar-refractivity contribution < 1.29 is 19.0 Å². The summed E-state index contributed by atoms with van der Waals surface area (Å²) in [6, 6.07) is 3.35. The van der Waals surface area contributed by atoms with Crippen LogP contribution in [0.3, 0.4) is 0 Å². The van der Waals surface area contributed by atoms with Gasteiger partial charge in [-0.3, -0.25) is 0 Å². The van der Waals surface area contributed by atoms with Crippen LogP contribution >= 0.6 is 0 Å². The van der Waals surface area contributed by atoms with Crippen LogP contribution < -0.4 is 0 Å². The van der Waals surface area contributed by atoms with Gasteiger partial charge in [0.2, 0.25) is 0 Å². The van der Waals surface area contributed by atoms with Crippen LogP contribution in [0.4, 0.5) is 0 Å². The lowest BCUT2D eigenvalue weighted by molar-refractivity contribution is -0.123. The van der Waals surface area contributed by atoms with E-state index in [-0.39, 0.29) is 24.4 Å². The molecule has 1 spiro atoms. The maximum Gasteiger partial charge on any atom is 0.192 e. The summed E-state index contributed by atoms with van der Waals surface area (Å²) in [5.41, 5.74) is -0.149. The van der Waals surface area contributed by atoms with Crippen molar-refractivity contribution in [3.8, 4) is 0 Å². The average Bonchev–Trinajstić information content (AvgIpc) is 3.18. The quantitative estimate of drug-likeness (QED) is 0.594. The highest BCUT2D eigenvalue weighted by Gasteiger charge is 2.58. The third-order valence-corrected chi connectivity index (χ3v) is 9.34. The van der Waals surface area contributed by atoms with Crippen LogP contribution in [0.5, 0.6) is 0 Å². The van der Waals surface area contributed by atoms with E-state index in [9.17, 15) is 5.11 Å². The zero-order chi connectivity index (χ0) is 13.2. The van der Waals surface area contributed by atoms with Gasteiger partial charge >= 0.3 is 0 Å². The monoisotopic (exact) mass is 274 g/mol. The molecule has 0 aliphatic carbocycles. The number of hydrogen-bond acceptors (Lipinski definition) is 4. The molecule has 1 N–H and O–H groups in total. The summed E-state index contributed by atoms with van der Waals surface area (Å²) in [6.45, 7) is 8.12. The Bertz CT molecular complexity index is 268. The second kappa shape index (κ2) is 5.59. The lowest BCUT2D eigenvalue weighted by Crippen LogP contribution is -2.55. The van der Waals surface area contributed by atoms with Gasteiger partial charge in [0.15, 0.2) is 8.32 Å². The molecule has 2 rings (SSSR count). The highest BCUT2D eigenvalue weighted by Crippen LogP contribution is 2.43. The number of aliphatic hydroxyl groups is 1. The predicted octanol–water partition coefficient (Wildman–Crippen LogP) is 1.93. The number of ether oxygens (including phenoxy) is 2. The molecule has 2 heterocycles. The molecule has 2 aliphatic heterocycles. The molecule has 0 aromatic carbocycles. The van der Waals surface area contributed by atoms with Gasteiger partial charge in [0.25, 0.3) is 0 Å². The SMILES string of the molecule is CC[Si](CC)(CC)O[C@@H]1[C@@H](CO)OCC[C@@]12CO2. The highest BCUT2D eigenvalue weighted by molar-refractivity contribution is 6.73. The molecule has 0 unspecified atom stereocenters. The molecular weight excluding hydrogens is 248 g/mol. The van der Waals surface area contributed by atoms with E-state index >= 15 is 0 Å². The van der Waals surface area contributed by atoms with Crippen LogP contribution in [0, 0.1) is 0 Å². The molecule has 0 radical (unpaired) electrons. The molecule has 4 nitrogen and oxygen atoms in total. The van der Waals surface area contributed by atoms with E-state index < -0.39 is 8.32 Å². The van der Waals surface area contributed by atoms with E-state index in [0.717, 1.165) is 31.2 Å². The minimum absolute atomic E-state index is 0.0252. The first-order valence-electron chi connectivity index (χ1n) is 7.19. The van der Waals surface area contributed by atoms with Crippen molar-refractivity contribution in [1.82, 2.24) is 0 Å². The van der Waals surface area contributed by atoms with Crippen LogP contribution in [-0.2, 0) is 13.9 Å². The first-order valence-corrected chi connectivity index (χ1v) is 9.72. The van der Waals surface area contributed by atoms with Gasteiger partial charge in [0.1, 0.15) is 17.8 Å². The van der Waals surface area contributed by atoms with Gasteiger partial charge in [-0.25, -0.2) is 0 Å². The zero-order valence-electron chi connectivity index (χ0n) is 11.8. The van der Waals surface area contributed by atoms with Gasteiger partial charge in [-0.05, 0) is 18.1 Å². The lowest BCUT2D eigenvalue weighted by Gasteiger charge is -2.41. The average molecular weight is 274 g/mol. The molecule has 0 aromatic heterocycles. The topological polar surface area (TPSA) is 51.2 Å². The summed E-state index contributed by atoms with van der Waals surface area (Å²) < 4.78 is 17.9. The third-order valence-electron chi connectivity index (χ3n) is 4.72. The van der Waals surface area contributed by atoms with Crippen molar-refractivity contribution in [2.24, 2.45) is 0 Å². The van der Waals surface area contributed by atoms with Crippen LogP contribution in [-0.4, -0.2) is 51.1 Å². The van der Waals surface area contributed by atoms with E-state index in [0.29, 0.717) is 6.61 Å². The van der Waals surface area contributed by atoms with Crippen molar-refractivity contribution in [3.05, 3.63) is 0 Å². The third kappa shape index (κ3) is 2.51. The molecule has 0 amide bonds. The molecule has 0 saturated carbocycles. The highest BCUT2D eigenvalue weighted by atomic mass is 28.4. The summed E-state index contributed by atoms with van der Waals surface area (Å²) in [5.74, 6) is 0. The Morgan fingerprint density at radius 3 is 2.33 bits per heavy atom. The molecule has 2 fully saturated rings. The normalized spacial score (nSPS) is 36.0. The minimum atomic E-state index is -1.68. The Morgan fingerprint density at radius 2 is 1.89 bits per heavy atom. The maximum atomic E-state index is 9.49. The van der Waals surface area contributed by atoms with Crippen molar-refractivity contribution in [2.75, 3.05) is 19.8 Å². The van der Waals surface area contributed by atoms with Gasteiger partial charge < -0.3 is 19.0 Å². The van der Waals surface area contributed by atoms with Crippen LogP contribution in [0.15, 0.2) is 0 Å². The van der Waals surface area contributed by atoms with Gasteiger partial charge in [0.05, 0.1) is 19.8 Å². The van der Waals surface area contributed by atoms with Crippen LogP contribution in [0.25, 0.3) is 0 Å². The van der Waals surface area contributed by atoms with Crippen LogP contribution in [0.1, 0.15) is 27.2 Å². The standard InChI is InChI=1S/C13H26O4Si/c1-4-18(5-2,6-3)17-12-11(9-14)15-8-7-13(12)10-16-13/h11-12,14H,4-10H2,1-3H3/t11-,12-,13-/m1/s1. The Balaban J connectivity index is 2.12. The second-order valence-electron chi connectivity index (χ2n) is 5.48. The molecule has 5 heteroatoms. The predicted molar refractivity (Wildman–Crippen MR) is 72.2 cm³/mol. The summed E-state index contributed by atoms with van der Waals surface area (Å²) in [4.78, 5) is 0. The maximum absolute atomic E-state index is 9.49. The largest absolute Gasteiger partial charge is 0.408 e. The van der Waals surface area contributed by atoms with Crippen molar-refractivity contribution in [1.29, 1.82) is 0 Å². The van der Waals surface area contributed by atoms with Crippen molar-refractivity contribution in [2.45, 2.75) is 63.1 Å². The number of hydrogen-bond donors (Lipinski definition) is 1. The summed E-state index contributed by atoms with van der Waals surface area (Å²) >= 11 is 0. The zero-order valence-corrected chi connectivity index (χ0v) is 12.8. The van der Waals surface area contributed by atoms with Crippen molar-refractivity contribution in [3.63, 3.8) is 0 Å². The summed E-state index contributed by atoms with van der Waals surface area (Å²) in [5, 5.41) is 9.49. The van der Waals surface area contributed by atoms with Gasteiger partial charge in [-0.1, -0.05) is 20.8 Å². The first-order chi connectivity index (χ1) is 8.65. The van der Waals surface area contributed by atoms with Crippen LogP contribution in [0.2, 0.25) is 18.1 Å². The molecular formula is C13H26O4Si. The smallest absolute Gasteiger partial charge is 0.192 e. The Hall–Kier alpha value is 0.0569. The first kappa shape index (κ1) is 14.5. The van der Waals surface area contributed by atoms with Gasteiger partial charge in [-0.15, -0.1) is 0 Å². The Morgan fingerprint density at radius 1 is 1.28 bits per heavy atom. The van der Waals surface area contributed by atoms with Gasteiger partial charge in [-0.2, -0.15) is 0 Å². The van der Waals surface area contributed by atoms with E-state index in [4.69, 9.17) is 13.9 Å². The van der Waals surface area contributed by atoms with E-state index in [1.54, 1.807) is 0 Å². The molecule has 2 saturated heterocycles. The van der Waals surface area contributed by atoms with E-state index in [1.165, 1.54) is 0 Å². The number of aliphatic hydroxyl groups excluding tert-OH is 1. The molecule has 18 heavy (non-hydrogen) atoms. The van der Waals surface area contributed by atoms with E-state index in [2.05, 4.69) is 20.8 Å². The van der Waals surface area contributed by atoms with Crippen molar-refractivity contribution >= 4 is 8.32 Å². The fourth-order valence-corrected chi connectivity index (χ4v) is 5.86. The molecule has 0 bridgehead atoms. The molecule has 106 valence electrons. The number of epoxide rings is 1. The fraction of sp³-hybridized carbons (Fsp3) is 1.00. The van der Waals surface area contributed by atoms with Gasteiger partial charge in [0, 0.05) is 6.42 Å². The Labute approximate surface area is 111 Å². The second-order valence-corrected chi connectivity index (χ2v) is 10.2. The molecule has 3 atom stereocenters. The number of rotatable bonds is 6. The fourth-order valence-electron chi connectivity index (χ4n) is 2.95. The summed E-state index contributed by atoms with van der Waals surface area (Å²) in [6.07, 6.45) is 0.621. The Kier molecular flexibility index (Phi) is 4.49. The molecule has 2 aliphatic rings. The lowest BCUT2D eigenvalue weighted by atomic mass is 9.93.